The number of rotatable bonds is 9. The minimum Gasteiger partial charge on any atom is -0.323 e. The summed E-state index contributed by atoms with van der Waals surface area (Å²) in [4.78, 5) is 12.5. The molecule has 2 aromatic carbocycles. The zero-order valence-electron chi connectivity index (χ0n) is 23.3. The minimum atomic E-state index is -0.562. The van der Waals surface area contributed by atoms with Gasteiger partial charge in [-0.15, -0.1) is 0 Å². The quantitative estimate of drug-likeness (QED) is 0.310. The number of aryl methyl sites for hydroxylation is 2. The van der Waals surface area contributed by atoms with Gasteiger partial charge in [-0.05, 0) is 87.5 Å². The number of hydrogen-bond acceptors (Lipinski definition) is 3. The van der Waals surface area contributed by atoms with Gasteiger partial charge in [0.25, 0.3) is 0 Å². The molecule has 0 saturated heterocycles. The maximum Gasteiger partial charge on any atom is 0.134 e. The summed E-state index contributed by atoms with van der Waals surface area (Å²) in [5.41, 5.74) is 6.29. The molecular weight excluding hydrogens is 478 g/mol. The van der Waals surface area contributed by atoms with Gasteiger partial charge in [-0.1, -0.05) is 74.6 Å². The maximum absolute atomic E-state index is 14.4. The molecule has 1 aromatic heterocycles. The zero-order chi connectivity index (χ0) is 27.9. The normalized spacial score (nSPS) is 13.1. The van der Waals surface area contributed by atoms with E-state index in [1.807, 2.05) is 33.9 Å². The molecule has 0 spiro atoms. The van der Waals surface area contributed by atoms with E-state index in [1.54, 1.807) is 6.20 Å². The summed E-state index contributed by atoms with van der Waals surface area (Å²) in [6.07, 6.45) is 13.2. The molecule has 5 heteroatoms. The van der Waals surface area contributed by atoms with E-state index in [-0.39, 0.29) is 5.56 Å². The second kappa shape index (κ2) is 16.6. The van der Waals surface area contributed by atoms with E-state index >= 15 is 0 Å². The second-order valence-corrected chi connectivity index (χ2v) is 9.88. The molecule has 0 amide bonds. The Kier molecular flexibility index (Phi) is 13.6. The molecule has 204 valence electrons. The molecule has 3 nitrogen and oxygen atoms in total. The van der Waals surface area contributed by atoms with Crippen LogP contribution in [-0.2, 0) is 17.6 Å². The number of aromatic nitrogens is 1. The van der Waals surface area contributed by atoms with Crippen molar-refractivity contribution in [3.05, 3.63) is 94.3 Å². The highest BCUT2D eigenvalue weighted by molar-refractivity contribution is 5.69. The Balaban J connectivity index is 0.000000947. The van der Waals surface area contributed by atoms with Gasteiger partial charge in [0.1, 0.15) is 18.4 Å². The molecule has 0 unspecified atom stereocenters. The van der Waals surface area contributed by atoms with E-state index in [0.29, 0.717) is 5.56 Å². The fourth-order valence-corrected chi connectivity index (χ4v) is 4.58. The predicted octanol–water partition coefficient (Wildman–Crippen LogP) is 8.14. The monoisotopic (exact) mass is 520 g/mol. The summed E-state index contributed by atoms with van der Waals surface area (Å²) >= 11 is 0. The lowest BCUT2D eigenvalue weighted by atomic mass is 9.80. The third-order valence-corrected chi connectivity index (χ3v) is 6.83. The van der Waals surface area contributed by atoms with Gasteiger partial charge in [0.15, 0.2) is 0 Å². The van der Waals surface area contributed by atoms with Gasteiger partial charge in [-0.3, -0.25) is 4.98 Å². The zero-order valence-corrected chi connectivity index (χ0v) is 23.3. The maximum atomic E-state index is 14.4. The number of allylic oxidation sites excluding steroid dienone is 1. The van der Waals surface area contributed by atoms with Crippen molar-refractivity contribution in [2.24, 2.45) is 5.92 Å². The number of nitrogens with zero attached hydrogens (tertiary/aromatic N) is 1. The third kappa shape index (κ3) is 9.29. The second-order valence-electron chi connectivity index (χ2n) is 9.88. The van der Waals surface area contributed by atoms with Crippen molar-refractivity contribution in [3.63, 3.8) is 0 Å². The number of pyridine rings is 1. The highest BCUT2D eigenvalue weighted by atomic mass is 19.1. The van der Waals surface area contributed by atoms with Crippen LogP contribution in [0.4, 0.5) is 8.78 Å². The lowest BCUT2D eigenvalue weighted by Crippen LogP contribution is -2.11. The molecule has 1 saturated carbocycles. The molecule has 3 aromatic rings. The highest BCUT2D eigenvalue weighted by Crippen LogP contribution is 2.33. The summed E-state index contributed by atoms with van der Waals surface area (Å²) in [6, 6.07) is 14.8. The van der Waals surface area contributed by atoms with E-state index in [4.69, 9.17) is 4.79 Å². The fourth-order valence-electron chi connectivity index (χ4n) is 4.58. The van der Waals surface area contributed by atoms with Gasteiger partial charge in [-0.2, -0.15) is 0 Å². The van der Waals surface area contributed by atoms with Crippen LogP contribution in [-0.4, -0.2) is 25.9 Å². The summed E-state index contributed by atoms with van der Waals surface area (Å²) < 4.78 is 28.8. The van der Waals surface area contributed by atoms with E-state index in [2.05, 4.69) is 47.6 Å². The number of nitrogens with one attached hydrogen (secondary N) is 1. The Hall–Kier alpha value is -3.18. The molecule has 4 rings (SSSR count). The summed E-state index contributed by atoms with van der Waals surface area (Å²) in [5.74, 6) is -0.292. The van der Waals surface area contributed by atoms with Gasteiger partial charge in [0.05, 0.1) is 5.56 Å². The first-order chi connectivity index (χ1) is 18.4. The lowest BCUT2D eigenvalue weighted by Gasteiger charge is -2.25. The Morgan fingerprint density at radius 2 is 1.66 bits per heavy atom. The van der Waals surface area contributed by atoms with Crippen LogP contribution >= 0.6 is 0 Å². The van der Waals surface area contributed by atoms with E-state index < -0.39 is 11.6 Å². The topological polar surface area (TPSA) is 42.0 Å². The average molecular weight is 521 g/mol. The van der Waals surface area contributed by atoms with Crippen LogP contribution < -0.4 is 5.32 Å². The highest BCUT2D eigenvalue weighted by Gasteiger charge is 2.18. The largest absolute Gasteiger partial charge is 0.323 e. The number of carbonyl (C=O) groups excluding carboxylic acids is 1. The SMILES string of the molecule is C=O.CCCc1ccc(C/C(=C/c2cc(-c3c(F)cccc3F)cnc2C)CCC2CCC2)cc1.CNC. The Labute approximate surface area is 227 Å². The molecule has 1 N–H and O–H groups in total. The van der Waals surface area contributed by atoms with Crippen molar-refractivity contribution >= 4 is 12.9 Å². The summed E-state index contributed by atoms with van der Waals surface area (Å²) in [6.45, 7) is 6.16. The van der Waals surface area contributed by atoms with E-state index in [0.717, 1.165) is 42.9 Å². The molecule has 38 heavy (non-hydrogen) atoms. The predicted molar refractivity (Wildman–Crippen MR) is 155 cm³/mol. The molecule has 0 aliphatic heterocycles. The Morgan fingerprint density at radius 3 is 2.21 bits per heavy atom. The van der Waals surface area contributed by atoms with Crippen molar-refractivity contribution in [3.8, 4) is 11.1 Å². The first-order valence-corrected chi connectivity index (χ1v) is 13.5. The average Bonchev–Trinajstić information content (AvgIpc) is 2.88. The van der Waals surface area contributed by atoms with Gasteiger partial charge < -0.3 is 10.1 Å². The molecule has 1 aliphatic rings. The van der Waals surface area contributed by atoms with E-state index in [1.165, 1.54) is 60.6 Å². The van der Waals surface area contributed by atoms with Crippen molar-refractivity contribution in [1.82, 2.24) is 10.3 Å². The van der Waals surface area contributed by atoms with Crippen LogP contribution in [0.15, 0.2) is 60.3 Å². The van der Waals surface area contributed by atoms with Crippen molar-refractivity contribution in [2.75, 3.05) is 14.1 Å². The van der Waals surface area contributed by atoms with Crippen LogP contribution in [0.3, 0.4) is 0 Å². The van der Waals surface area contributed by atoms with Gasteiger partial charge in [0, 0.05) is 17.5 Å². The van der Waals surface area contributed by atoms with Crippen LogP contribution in [0, 0.1) is 24.5 Å². The molecule has 1 heterocycles. The molecule has 0 bridgehead atoms. The standard InChI is InChI=1S/C30H33F2N.C2H7N.CH2O/c1-3-6-22-11-14-24(15-12-22)17-25(16-13-23-7-4-8-23)18-26-19-27(20-33-21(26)2)30-28(31)9-5-10-29(30)32;1-3-2;1-2/h5,9-12,14-15,18-20,23H,3-4,6-8,13,16-17H2,1-2H3;3H,1-2H3;1H2/b25-18+;;. The lowest BCUT2D eigenvalue weighted by molar-refractivity contribution is -0.0980. The minimum absolute atomic E-state index is 0.0119. The first kappa shape index (κ1) is 31.0. The smallest absolute Gasteiger partial charge is 0.134 e. The molecular formula is C33H42F2N2O. The molecule has 0 radical (unpaired) electrons. The van der Waals surface area contributed by atoms with Gasteiger partial charge in [0.2, 0.25) is 0 Å². The Morgan fingerprint density at radius 1 is 1.05 bits per heavy atom. The number of hydrogen-bond donors (Lipinski definition) is 1. The van der Waals surface area contributed by atoms with Crippen molar-refractivity contribution in [1.29, 1.82) is 0 Å². The number of halogens is 2. The van der Waals surface area contributed by atoms with E-state index in [9.17, 15) is 8.78 Å². The molecule has 1 aliphatic carbocycles. The van der Waals surface area contributed by atoms with Crippen molar-refractivity contribution < 1.29 is 13.6 Å². The van der Waals surface area contributed by atoms with Crippen molar-refractivity contribution in [2.45, 2.75) is 65.2 Å². The fraction of sp³-hybridized carbons (Fsp3) is 0.394. The third-order valence-electron chi connectivity index (χ3n) is 6.83. The number of carbonyl (C=O) groups is 1. The molecule has 1 fully saturated rings. The van der Waals surface area contributed by atoms with Crippen LogP contribution in [0.1, 0.15) is 67.8 Å². The molecule has 0 atom stereocenters. The van der Waals surface area contributed by atoms with Gasteiger partial charge in [-0.25, -0.2) is 8.78 Å². The van der Waals surface area contributed by atoms with Crippen LogP contribution in [0.2, 0.25) is 0 Å². The van der Waals surface area contributed by atoms with Crippen LogP contribution in [0.5, 0.6) is 0 Å². The Bertz CT molecular complexity index is 1130. The van der Waals surface area contributed by atoms with Crippen LogP contribution in [0.25, 0.3) is 17.2 Å². The summed E-state index contributed by atoms with van der Waals surface area (Å²) in [5, 5.41) is 2.75. The summed E-state index contributed by atoms with van der Waals surface area (Å²) in [7, 11) is 3.75. The number of benzene rings is 2. The van der Waals surface area contributed by atoms with Gasteiger partial charge >= 0.3 is 0 Å². The first-order valence-electron chi connectivity index (χ1n) is 13.5.